The summed E-state index contributed by atoms with van der Waals surface area (Å²) >= 11 is 0. The molecular formula is C21H25N7O8. The van der Waals surface area contributed by atoms with Crippen LogP contribution in [0.5, 0.6) is 0 Å². The van der Waals surface area contributed by atoms with Gasteiger partial charge in [0.15, 0.2) is 5.82 Å². The first-order valence-electron chi connectivity index (χ1n) is 10.8. The zero-order valence-electron chi connectivity index (χ0n) is 18.9. The van der Waals surface area contributed by atoms with Crippen LogP contribution in [-0.4, -0.2) is 80.8 Å². The number of nitrogens with one attached hydrogen (secondary N) is 4. The number of hydrogen-bond donors (Lipinski definition) is 8. The van der Waals surface area contributed by atoms with E-state index in [4.69, 9.17) is 10.8 Å². The van der Waals surface area contributed by atoms with Crippen molar-refractivity contribution in [2.24, 2.45) is 0 Å². The van der Waals surface area contributed by atoms with Gasteiger partial charge in [0.05, 0.1) is 6.04 Å². The Balaban J connectivity index is 1.66. The summed E-state index contributed by atoms with van der Waals surface area (Å²) in [5.41, 5.74) is 5.80. The molecule has 0 radical (unpaired) electrons. The lowest BCUT2D eigenvalue weighted by atomic mass is 10.1. The number of fused-ring (bicyclic) bond motifs is 1. The molecule has 0 spiro atoms. The van der Waals surface area contributed by atoms with Crippen molar-refractivity contribution in [3.63, 3.8) is 0 Å². The van der Waals surface area contributed by atoms with Gasteiger partial charge in [-0.1, -0.05) is 0 Å². The molecule has 2 atom stereocenters. The number of amides is 1. The second-order valence-electron chi connectivity index (χ2n) is 7.96. The van der Waals surface area contributed by atoms with Crippen LogP contribution in [0.1, 0.15) is 23.2 Å². The summed E-state index contributed by atoms with van der Waals surface area (Å²) in [6.45, 7) is 0.0589. The third-order valence-corrected chi connectivity index (χ3v) is 5.39. The van der Waals surface area contributed by atoms with Gasteiger partial charge < -0.3 is 41.9 Å². The minimum Gasteiger partial charge on any atom is -0.481 e. The number of carboxylic acids is 3. The zero-order chi connectivity index (χ0) is 26.4. The summed E-state index contributed by atoms with van der Waals surface area (Å²) in [5.74, 6) is -4.23. The number of H-pyrrole nitrogens is 1. The molecule has 15 nitrogen and oxygen atoms in total. The molecule has 0 bridgehead atoms. The van der Waals surface area contributed by atoms with E-state index < -0.39 is 54.4 Å². The number of aromatic amines is 1. The van der Waals surface area contributed by atoms with Gasteiger partial charge in [0.25, 0.3) is 11.5 Å². The quantitative estimate of drug-likeness (QED) is 0.187. The average Bonchev–Trinajstić information content (AvgIpc) is 2.80. The molecule has 9 N–H and O–H groups in total. The maximum Gasteiger partial charge on any atom is 0.326 e. The molecule has 1 aliphatic rings. The molecule has 2 aromatic rings. The van der Waals surface area contributed by atoms with Gasteiger partial charge in [-0.25, -0.2) is 4.79 Å². The first-order chi connectivity index (χ1) is 17.0. The molecule has 0 fully saturated rings. The van der Waals surface area contributed by atoms with Gasteiger partial charge in [0, 0.05) is 30.8 Å². The van der Waals surface area contributed by atoms with Crippen LogP contribution >= 0.6 is 0 Å². The number of benzene rings is 1. The number of anilines is 4. The predicted molar refractivity (Wildman–Crippen MR) is 127 cm³/mol. The largest absolute Gasteiger partial charge is 0.481 e. The van der Waals surface area contributed by atoms with E-state index in [9.17, 15) is 34.2 Å². The summed E-state index contributed by atoms with van der Waals surface area (Å²) in [6, 6.07) is 4.25. The number of aliphatic carboxylic acids is 3. The smallest absolute Gasteiger partial charge is 0.326 e. The third-order valence-electron chi connectivity index (χ3n) is 5.39. The summed E-state index contributed by atoms with van der Waals surface area (Å²) in [5, 5.41) is 35.6. The van der Waals surface area contributed by atoms with Gasteiger partial charge >= 0.3 is 17.9 Å². The number of nitrogens with zero attached hydrogens (tertiary/aromatic N) is 2. The fraction of sp³-hybridized carbons (Fsp3) is 0.333. The van der Waals surface area contributed by atoms with E-state index in [2.05, 4.69) is 25.9 Å². The van der Waals surface area contributed by atoms with E-state index in [1.54, 1.807) is 12.1 Å². The van der Waals surface area contributed by atoms with E-state index in [1.165, 1.54) is 17.0 Å². The van der Waals surface area contributed by atoms with Crippen LogP contribution in [0.25, 0.3) is 0 Å². The lowest BCUT2D eigenvalue weighted by molar-refractivity contribution is -0.140. The van der Waals surface area contributed by atoms with Crippen LogP contribution in [0, 0.1) is 0 Å². The number of carbonyl (C=O) groups is 4. The highest BCUT2D eigenvalue weighted by molar-refractivity contribution is 5.97. The highest BCUT2D eigenvalue weighted by Gasteiger charge is 2.31. The van der Waals surface area contributed by atoms with Gasteiger partial charge in [-0.05, 0) is 30.7 Å². The first kappa shape index (κ1) is 25.8. The standard InChI is InChI=1S/C21H25N7O8/c22-21-26-17-16(19(34)27-21)28(9-15(31)32)12(8-24-17)7-23-11-3-1-10(2-4-11)18(33)25-13(20(35)36)5-6-14(29)30/h1-4,12-13,23H,5-9H2,(H,25,33)(H,29,30)(H,31,32)(H,35,36)(H4,22,24,26,27,34)/t12?,13-/m0/s1. The van der Waals surface area contributed by atoms with Crippen molar-refractivity contribution in [1.29, 1.82) is 0 Å². The molecule has 36 heavy (non-hydrogen) atoms. The monoisotopic (exact) mass is 503 g/mol. The second-order valence-corrected chi connectivity index (χ2v) is 7.96. The summed E-state index contributed by atoms with van der Waals surface area (Å²) < 4.78 is 0. The minimum absolute atomic E-state index is 0.0625. The molecule has 1 unspecified atom stereocenters. The van der Waals surface area contributed by atoms with Gasteiger partial charge in [-0.15, -0.1) is 0 Å². The van der Waals surface area contributed by atoms with Crippen LogP contribution in [0.3, 0.4) is 0 Å². The molecule has 1 aromatic heterocycles. The Morgan fingerprint density at radius 1 is 1.14 bits per heavy atom. The number of carbonyl (C=O) groups excluding carboxylic acids is 1. The van der Waals surface area contributed by atoms with E-state index in [0.29, 0.717) is 5.69 Å². The zero-order valence-corrected chi connectivity index (χ0v) is 18.9. The van der Waals surface area contributed by atoms with E-state index in [-0.39, 0.29) is 42.5 Å². The Labute approximate surface area is 203 Å². The molecule has 0 saturated carbocycles. The maximum absolute atomic E-state index is 12.4. The van der Waals surface area contributed by atoms with Crippen molar-refractivity contribution in [3.05, 3.63) is 40.2 Å². The number of carboxylic acid groups (broad SMARTS) is 3. The highest BCUT2D eigenvalue weighted by Crippen LogP contribution is 2.26. The van der Waals surface area contributed by atoms with Crippen LogP contribution in [0.2, 0.25) is 0 Å². The molecule has 1 amide bonds. The number of hydrogen-bond acceptors (Lipinski definition) is 10. The Hall–Kier alpha value is -4.82. The molecular weight excluding hydrogens is 478 g/mol. The van der Waals surface area contributed by atoms with E-state index >= 15 is 0 Å². The van der Waals surface area contributed by atoms with Gasteiger partial charge in [-0.3, -0.25) is 24.2 Å². The van der Waals surface area contributed by atoms with Crippen LogP contribution in [-0.2, 0) is 14.4 Å². The topological polar surface area (TPSA) is 240 Å². The molecule has 15 heteroatoms. The Morgan fingerprint density at radius 2 is 1.83 bits per heavy atom. The van der Waals surface area contributed by atoms with Crippen LogP contribution in [0.15, 0.2) is 29.1 Å². The highest BCUT2D eigenvalue weighted by atomic mass is 16.4. The summed E-state index contributed by atoms with van der Waals surface area (Å²) in [7, 11) is 0. The average molecular weight is 503 g/mol. The molecule has 1 aromatic carbocycles. The summed E-state index contributed by atoms with van der Waals surface area (Å²) in [6.07, 6.45) is -0.665. The molecule has 0 aliphatic carbocycles. The summed E-state index contributed by atoms with van der Waals surface area (Å²) in [4.78, 5) is 66.0. The van der Waals surface area contributed by atoms with Crippen LogP contribution < -0.4 is 32.1 Å². The van der Waals surface area contributed by atoms with Crippen molar-refractivity contribution >= 4 is 47.0 Å². The van der Waals surface area contributed by atoms with Crippen molar-refractivity contribution < 1.29 is 34.5 Å². The third kappa shape index (κ3) is 6.40. The normalized spacial score (nSPS) is 15.2. The van der Waals surface area contributed by atoms with Gasteiger partial charge in [0.1, 0.15) is 18.3 Å². The maximum atomic E-state index is 12.4. The molecule has 0 saturated heterocycles. The molecule has 3 rings (SSSR count). The van der Waals surface area contributed by atoms with E-state index in [0.717, 1.165) is 0 Å². The van der Waals surface area contributed by atoms with Gasteiger partial charge in [-0.2, -0.15) is 4.98 Å². The number of nitrogen functional groups attached to an aromatic ring is 1. The first-order valence-corrected chi connectivity index (χ1v) is 10.8. The van der Waals surface area contributed by atoms with Crippen molar-refractivity contribution in [1.82, 2.24) is 15.3 Å². The lowest BCUT2D eigenvalue weighted by Crippen LogP contribution is -2.52. The Bertz CT molecular complexity index is 1210. The van der Waals surface area contributed by atoms with Gasteiger partial charge in [0.2, 0.25) is 5.95 Å². The number of aromatic nitrogens is 2. The lowest BCUT2D eigenvalue weighted by Gasteiger charge is -2.37. The fourth-order valence-electron chi connectivity index (χ4n) is 3.66. The predicted octanol–water partition coefficient (Wildman–Crippen LogP) is -0.803. The molecule has 2 heterocycles. The fourth-order valence-corrected chi connectivity index (χ4v) is 3.66. The van der Waals surface area contributed by atoms with Crippen LogP contribution in [0.4, 0.5) is 23.1 Å². The Kier molecular flexibility index (Phi) is 7.93. The van der Waals surface area contributed by atoms with Crippen molar-refractivity contribution in [2.75, 3.05) is 40.9 Å². The van der Waals surface area contributed by atoms with E-state index in [1.807, 2.05) is 0 Å². The second kappa shape index (κ2) is 11.1. The SMILES string of the molecule is Nc1nc2c(c(=O)[nH]1)N(CC(=O)O)C(CNc1ccc(C(=O)N[C@@H](CCC(=O)O)C(=O)O)cc1)CN2. The number of rotatable bonds is 11. The molecule has 1 aliphatic heterocycles. The molecule has 192 valence electrons. The van der Waals surface area contributed by atoms with Crippen molar-refractivity contribution in [3.8, 4) is 0 Å². The minimum atomic E-state index is -1.35. The number of nitrogens with two attached hydrogens (primary N) is 1. The Morgan fingerprint density at radius 3 is 2.44 bits per heavy atom. The van der Waals surface area contributed by atoms with Crippen molar-refractivity contribution in [2.45, 2.75) is 24.9 Å².